The van der Waals surface area contributed by atoms with Crippen LogP contribution in [-0.4, -0.2) is 87.5 Å². The van der Waals surface area contributed by atoms with Crippen molar-refractivity contribution in [3.63, 3.8) is 0 Å². The first-order chi connectivity index (χ1) is 44.3. The molecule has 0 saturated carbocycles. The first kappa shape index (κ1) is 85.9. The monoisotopic (exact) mass is 1270 g/mol. The van der Waals surface area contributed by atoms with Gasteiger partial charge in [-0.3, -0.25) is 4.79 Å². The summed E-state index contributed by atoms with van der Waals surface area (Å²) in [6.45, 7) is 3.80. The lowest BCUT2D eigenvalue weighted by molar-refractivity contribution is -0.302. The van der Waals surface area contributed by atoms with Crippen LogP contribution in [0.3, 0.4) is 0 Å². The smallest absolute Gasteiger partial charge is 0.220 e. The van der Waals surface area contributed by atoms with E-state index < -0.39 is 49.5 Å². The van der Waals surface area contributed by atoms with Gasteiger partial charge in [0.1, 0.15) is 24.4 Å². The second kappa shape index (κ2) is 69.7. The molecule has 0 aromatic carbocycles. The number of unbranched alkanes of at least 4 members (excludes halogenated alkanes) is 52. The second-order valence-electron chi connectivity index (χ2n) is 27.5. The molecule has 1 fully saturated rings. The summed E-state index contributed by atoms with van der Waals surface area (Å²) in [6, 6.07) is -0.830. The molecule has 6 N–H and O–H groups in total. The van der Waals surface area contributed by atoms with E-state index >= 15 is 0 Å². The highest BCUT2D eigenvalue weighted by atomic mass is 16.7. The van der Waals surface area contributed by atoms with Crippen molar-refractivity contribution >= 4 is 5.91 Å². The van der Waals surface area contributed by atoms with Gasteiger partial charge in [0.2, 0.25) is 5.91 Å². The zero-order chi connectivity index (χ0) is 64.9. The van der Waals surface area contributed by atoms with E-state index in [1.54, 1.807) is 6.08 Å². The standard InChI is InChI=1S/C81H151NO8/c1-3-5-7-9-11-13-15-17-19-21-23-25-27-29-31-33-34-35-36-37-38-39-40-41-42-43-45-47-49-51-53-55-57-59-61-63-65-67-69-71-77(85)82-74(73-89-81-80(88)79(87)78(86)76(72-83)90-81)75(84)70-68-66-64-62-60-58-56-54-52-50-48-46-44-32-30-28-26-24-22-20-18-16-14-12-10-8-6-4-2/h15,17,21,23,52,54,60,62,68,70,74-76,78-81,83-84,86-88H,3-14,16,18-20,22,24-51,53,55-59,61,63-67,69,71-73H2,1-2H3,(H,82,85)/b17-15-,23-21-,54-52+,62-60+,70-68+. The third kappa shape index (κ3) is 57.3. The van der Waals surface area contributed by atoms with E-state index in [0.717, 1.165) is 51.4 Å². The Morgan fingerprint density at radius 2 is 0.667 bits per heavy atom. The van der Waals surface area contributed by atoms with Gasteiger partial charge < -0.3 is 40.3 Å². The van der Waals surface area contributed by atoms with Crippen molar-refractivity contribution in [3.05, 3.63) is 60.8 Å². The molecule has 90 heavy (non-hydrogen) atoms. The Bertz CT molecular complexity index is 1610. The van der Waals surface area contributed by atoms with E-state index in [2.05, 4.69) is 67.8 Å². The first-order valence-corrected chi connectivity index (χ1v) is 39.5. The summed E-state index contributed by atoms with van der Waals surface area (Å²) in [5, 5.41) is 54.8. The Balaban J connectivity index is 2.08. The molecule has 528 valence electrons. The lowest BCUT2D eigenvalue weighted by atomic mass is 9.99. The molecule has 1 heterocycles. The zero-order valence-corrected chi connectivity index (χ0v) is 59.4. The van der Waals surface area contributed by atoms with Gasteiger partial charge in [-0.15, -0.1) is 0 Å². The van der Waals surface area contributed by atoms with Crippen molar-refractivity contribution in [3.8, 4) is 0 Å². The number of hydrogen-bond acceptors (Lipinski definition) is 8. The maximum absolute atomic E-state index is 13.2. The van der Waals surface area contributed by atoms with Crippen LogP contribution in [0.1, 0.15) is 393 Å². The maximum Gasteiger partial charge on any atom is 0.220 e. The Morgan fingerprint density at radius 3 is 1.00 bits per heavy atom. The van der Waals surface area contributed by atoms with Gasteiger partial charge >= 0.3 is 0 Å². The summed E-state index contributed by atoms with van der Waals surface area (Å²) in [7, 11) is 0. The summed E-state index contributed by atoms with van der Waals surface area (Å²) < 4.78 is 11.3. The number of allylic oxidation sites excluding steroid dienone is 9. The highest BCUT2D eigenvalue weighted by Crippen LogP contribution is 2.24. The van der Waals surface area contributed by atoms with Gasteiger partial charge in [-0.25, -0.2) is 0 Å². The summed E-state index contributed by atoms with van der Waals surface area (Å²) in [5.41, 5.74) is 0. The van der Waals surface area contributed by atoms with E-state index in [-0.39, 0.29) is 12.5 Å². The van der Waals surface area contributed by atoms with E-state index in [0.29, 0.717) is 6.42 Å². The average Bonchev–Trinajstić information content (AvgIpc) is 2.75. The highest BCUT2D eigenvalue weighted by Gasteiger charge is 2.44. The summed E-state index contributed by atoms with van der Waals surface area (Å²) in [4.78, 5) is 13.2. The molecular formula is C81H151NO8. The van der Waals surface area contributed by atoms with Crippen LogP contribution >= 0.6 is 0 Å². The minimum atomic E-state index is -1.58. The first-order valence-electron chi connectivity index (χ1n) is 39.5. The number of aliphatic hydroxyl groups excluding tert-OH is 5. The van der Waals surface area contributed by atoms with Crippen molar-refractivity contribution in [2.45, 2.75) is 436 Å². The largest absolute Gasteiger partial charge is 0.394 e. The molecule has 0 aliphatic carbocycles. The molecule has 7 unspecified atom stereocenters. The summed E-state index contributed by atoms with van der Waals surface area (Å²) in [6.07, 6.45) is 90.9. The van der Waals surface area contributed by atoms with Crippen LogP contribution in [0.25, 0.3) is 0 Å². The third-order valence-electron chi connectivity index (χ3n) is 18.8. The van der Waals surface area contributed by atoms with Gasteiger partial charge in [-0.05, 0) is 77.0 Å². The van der Waals surface area contributed by atoms with Crippen LogP contribution in [0.2, 0.25) is 0 Å². The molecular weight excluding hydrogens is 1110 g/mol. The Kier molecular flexibility index (Phi) is 66.5. The maximum atomic E-state index is 13.2. The van der Waals surface area contributed by atoms with E-state index in [1.165, 1.54) is 321 Å². The van der Waals surface area contributed by atoms with E-state index in [1.807, 2.05) is 6.08 Å². The SMILES string of the molecule is CCCCCCC/C=C\C/C=C\CCCCCCCCCCCCCCCCCCCCCCCCCCCCCC(=O)NC(COC1OC(CO)C(O)C(O)C1O)C(O)/C=C/CC/C=C/CC/C=C/CCCCCCCCCCCCCCCCCCCC. The molecule has 9 heteroatoms. The topological polar surface area (TPSA) is 149 Å². The highest BCUT2D eigenvalue weighted by molar-refractivity contribution is 5.76. The average molecular weight is 1270 g/mol. The molecule has 1 amide bonds. The molecule has 1 saturated heterocycles. The number of rotatable bonds is 70. The minimum Gasteiger partial charge on any atom is -0.394 e. The number of aliphatic hydroxyl groups is 5. The van der Waals surface area contributed by atoms with Gasteiger partial charge in [0.25, 0.3) is 0 Å². The second-order valence-corrected chi connectivity index (χ2v) is 27.5. The lowest BCUT2D eigenvalue weighted by Gasteiger charge is -2.40. The molecule has 0 aromatic rings. The molecule has 1 aliphatic rings. The van der Waals surface area contributed by atoms with Gasteiger partial charge in [0, 0.05) is 6.42 Å². The van der Waals surface area contributed by atoms with Crippen molar-refractivity contribution in [2.75, 3.05) is 13.2 Å². The number of carbonyl (C=O) groups is 1. The molecule has 0 spiro atoms. The number of hydrogen-bond donors (Lipinski definition) is 6. The zero-order valence-electron chi connectivity index (χ0n) is 59.4. The van der Waals surface area contributed by atoms with Crippen LogP contribution in [-0.2, 0) is 14.3 Å². The van der Waals surface area contributed by atoms with Gasteiger partial charge in [0.15, 0.2) is 6.29 Å². The molecule has 0 bridgehead atoms. The third-order valence-corrected chi connectivity index (χ3v) is 18.8. The fourth-order valence-electron chi connectivity index (χ4n) is 12.6. The van der Waals surface area contributed by atoms with Crippen molar-refractivity contribution in [2.24, 2.45) is 0 Å². The normalized spacial score (nSPS) is 18.1. The van der Waals surface area contributed by atoms with Crippen molar-refractivity contribution in [1.82, 2.24) is 5.32 Å². The van der Waals surface area contributed by atoms with Crippen molar-refractivity contribution in [1.29, 1.82) is 0 Å². The van der Waals surface area contributed by atoms with Crippen LogP contribution in [0.5, 0.6) is 0 Å². The Morgan fingerprint density at radius 1 is 0.378 bits per heavy atom. The molecule has 0 aromatic heterocycles. The van der Waals surface area contributed by atoms with E-state index in [4.69, 9.17) is 9.47 Å². The predicted octanol–water partition coefficient (Wildman–Crippen LogP) is 22.5. The molecule has 1 rings (SSSR count). The molecule has 9 nitrogen and oxygen atoms in total. The fraction of sp³-hybridized carbons (Fsp3) is 0.864. The fourth-order valence-corrected chi connectivity index (χ4v) is 12.6. The van der Waals surface area contributed by atoms with Crippen LogP contribution in [0.15, 0.2) is 60.8 Å². The predicted molar refractivity (Wildman–Crippen MR) is 387 cm³/mol. The quantitative estimate of drug-likeness (QED) is 0.0261. The van der Waals surface area contributed by atoms with Crippen LogP contribution in [0, 0.1) is 0 Å². The van der Waals surface area contributed by atoms with E-state index in [9.17, 15) is 30.3 Å². The molecule has 7 atom stereocenters. The Hall–Kier alpha value is -2.11. The van der Waals surface area contributed by atoms with Gasteiger partial charge in [-0.1, -0.05) is 370 Å². The summed E-state index contributed by atoms with van der Waals surface area (Å²) in [5.74, 6) is -0.184. The molecule has 0 radical (unpaired) electrons. The van der Waals surface area contributed by atoms with Crippen molar-refractivity contribution < 1.29 is 39.8 Å². The lowest BCUT2D eigenvalue weighted by Crippen LogP contribution is -2.60. The molecule has 1 aliphatic heterocycles. The van der Waals surface area contributed by atoms with Crippen LogP contribution in [0.4, 0.5) is 0 Å². The summed E-state index contributed by atoms with van der Waals surface area (Å²) >= 11 is 0. The van der Waals surface area contributed by atoms with Crippen LogP contribution < -0.4 is 5.32 Å². The number of carbonyl (C=O) groups excluding carboxylic acids is 1. The van der Waals surface area contributed by atoms with Gasteiger partial charge in [-0.2, -0.15) is 0 Å². The number of nitrogens with one attached hydrogen (secondary N) is 1. The minimum absolute atomic E-state index is 0.184. The number of ether oxygens (including phenoxy) is 2. The van der Waals surface area contributed by atoms with Gasteiger partial charge in [0.05, 0.1) is 25.4 Å². The Labute approximate surface area is 557 Å². The number of amides is 1.